The highest BCUT2D eigenvalue weighted by Crippen LogP contribution is 2.29. The Bertz CT molecular complexity index is 3010. The SMILES string of the molecule is CC(C)CC(NC(=O)CNC(=O)C(O)CS)C(=O)NC(CCCNC(=N)N)C(=O)NC(CCC(N)=O)C(=O)NC(Cc1ccc(O)cc1)C(=O)NC(=O)C(CC(=O)O)NC(=O)C(CO)NC(C)C(=O)NC(C=O)NC(=O)c1ccc(CCS[C@@H]2O[C@H](CO)[C@H](O)[C@H](O)[C@H]2O)cc1. The molecule has 1 aliphatic heterocycles. The highest BCUT2D eigenvalue weighted by atomic mass is 32.2. The van der Waals surface area contributed by atoms with Crippen molar-refractivity contribution in [3.05, 3.63) is 65.2 Å². The molecule has 11 amide bonds. The number of rotatable bonds is 41. The molecule has 1 aliphatic rings. The first-order valence-electron chi connectivity index (χ1n) is 30.0. The van der Waals surface area contributed by atoms with Gasteiger partial charge in [0.25, 0.3) is 5.91 Å². The molecule has 2 aromatic rings. The van der Waals surface area contributed by atoms with Gasteiger partial charge in [0.1, 0.15) is 78.0 Å². The van der Waals surface area contributed by atoms with Crippen LogP contribution in [-0.4, -0.2) is 246 Å². The number of aliphatic hydroxyl groups excluding tert-OH is 6. The van der Waals surface area contributed by atoms with Crippen LogP contribution in [0.25, 0.3) is 0 Å². The van der Waals surface area contributed by atoms with E-state index >= 15 is 0 Å². The molecule has 1 fully saturated rings. The highest BCUT2D eigenvalue weighted by molar-refractivity contribution is 7.99. The van der Waals surface area contributed by atoms with Gasteiger partial charge in [-0.1, -0.05) is 38.1 Å². The molecule has 2 aromatic carbocycles. The fraction of sp³-hybridized carbons (Fsp3) is 0.552. The number of carboxylic acids is 1. The summed E-state index contributed by atoms with van der Waals surface area (Å²) in [5, 5.41) is 113. The van der Waals surface area contributed by atoms with E-state index in [0.717, 1.165) is 11.8 Å². The fourth-order valence-corrected chi connectivity index (χ4v) is 10.4. The summed E-state index contributed by atoms with van der Waals surface area (Å²) in [5.41, 5.74) is 10.9. The summed E-state index contributed by atoms with van der Waals surface area (Å²) in [7, 11) is 0. The highest BCUT2D eigenvalue weighted by Gasteiger charge is 2.44. The molecule has 0 aromatic heterocycles. The second-order valence-electron chi connectivity index (χ2n) is 22.5. The Morgan fingerprint density at radius 1 is 0.677 bits per heavy atom. The van der Waals surface area contributed by atoms with E-state index in [0.29, 0.717) is 17.7 Å². The van der Waals surface area contributed by atoms with Gasteiger partial charge in [0.2, 0.25) is 59.1 Å². The number of thioether (sulfide) groups is 1. The summed E-state index contributed by atoms with van der Waals surface area (Å²) in [6, 6.07) is -0.855. The van der Waals surface area contributed by atoms with Gasteiger partial charge < -0.3 is 105 Å². The number of aliphatic hydroxyl groups is 6. The number of aromatic hydroxyl groups is 1. The number of carbonyl (C=O) groups excluding carboxylic acids is 12. The number of carbonyl (C=O) groups is 13. The topological polar surface area (TPSA) is 601 Å². The van der Waals surface area contributed by atoms with Crippen LogP contribution in [0.2, 0.25) is 0 Å². The van der Waals surface area contributed by atoms with Crippen LogP contribution in [0.3, 0.4) is 0 Å². The van der Waals surface area contributed by atoms with Gasteiger partial charge in [-0.2, -0.15) is 12.6 Å². The van der Waals surface area contributed by atoms with Crippen molar-refractivity contribution in [1.82, 2.24) is 58.5 Å². The Morgan fingerprint density at radius 2 is 1.25 bits per heavy atom. The van der Waals surface area contributed by atoms with E-state index in [9.17, 15) is 103 Å². The van der Waals surface area contributed by atoms with E-state index in [2.05, 4.69) is 65.8 Å². The molecular weight excluding hydrogens is 1310 g/mol. The normalized spacial score (nSPS) is 18.7. The summed E-state index contributed by atoms with van der Waals surface area (Å²) in [6.45, 7) is 2.23. The second kappa shape index (κ2) is 41.4. The zero-order chi connectivity index (χ0) is 71.9. The lowest BCUT2D eigenvalue weighted by Gasteiger charge is -2.39. The van der Waals surface area contributed by atoms with Crippen LogP contribution in [0, 0.1) is 11.3 Å². The van der Waals surface area contributed by atoms with Crippen molar-refractivity contribution in [3.8, 4) is 5.75 Å². The Kier molecular flexibility index (Phi) is 35.2. The van der Waals surface area contributed by atoms with E-state index in [-0.39, 0.29) is 60.6 Å². The molecule has 14 atom stereocenters. The molecule has 1 saturated heterocycles. The number of aldehydes is 1. The Labute approximate surface area is 560 Å². The number of hydrogen-bond acceptors (Lipinski definition) is 25. The van der Waals surface area contributed by atoms with Crippen molar-refractivity contribution >= 4 is 108 Å². The van der Waals surface area contributed by atoms with Crippen LogP contribution in [0.1, 0.15) is 80.8 Å². The van der Waals surface area contributed by atoms with Crippen LogP contribution < -0.4 is 70.0 Å². The lowest BCUT2D eigenvalue weighted by Crippen LogP contribution is -2.61. The minimum Gasteiger partial charge on any atom is -0.508 e. The maximum Gasteiger partial charge on any atom is 0.305 e. The molecule has 532 valence electrons. The molecule has 0 bridgehead atoms. The largest absolute Gasteiger partial charge is 0.508 e. The molecule has 36 nitrogen and oxygen atoms in total. The van der Waals surface area contributed by atoms with E-state index in [1.807, 2.05) is 5.32 Å². The first-order chi connectivity index (χ1) is 45.3. The number of imide groups is 1. The van der Waals surface area contributed by atoms with Crippen molar-refractivity contribution in [2.24, 2.45) is 17.4 Å². The fourth-order valence-electron chi connectivity index (χ4n) is 9.03. The van der Waals surface area contributed by atoms with Crippen LogP contribution in [0.4, 0.5) is 0 Å². The number of primary amides is 1. The van der Waals surface area contributed by atoms with Crippen LogP contribution in [-0.2, 0) is 75.1 Å². The van der Waals surface area contributed by atoms with Crippen LogP contribution in [0.15, 0.2) is 48.5 Å². The van der Waals surface area contributed by atoms with E-state index in [4.69, 9.17) is 21.6 Å². The molecule has 0 aliphatic carbocycles. The third-order valence-electron chi connectivity index (χ3n) is 14.3. The van der Waals surface area contributed by atoms with Crippen molar-refractivity contribution in [1.29, 1.82) is 5.41 Å². The minimum atomic E-state index is -2.13. The number of hydrogen-bond donors (Lipinski definition) is 23. The summed E-state index contributed by atoms with van der Waals surface area (Å²) in [6.07, 6.45) is -11.2. The second-order valence-corrected chi connectivity index (χ2v) is 24.0. The van der Waals surface area contributed by atoms with Gasteiger partial charge in [-0.05, 0) is 86.1 Å². The number of nitrogens with one attached hydrogen (secondary N) is 12. The number of aryl methyl sites for hydroxylation is 1. The number of guanidine groups is 1. The van der Waals surface area contributed by atoms with Gasteiger partial charge in [-0.25, -0.2) is 0 Å². The smallest absolute Gasteiger partial charge is 0.305 e. The third-order valence-corrected chi connectivity index (χ3v) is 15.8. The van der Waals surface area contributed by atoms with Gasteiger partial charge >= 0.3 is 5.97 Å². The average Bonchev–Trinajstić information content (AvgIpc) is 0.853. The number of amides is 11. The summed E-state index contributed by atoms with van der Waals surface area (Å²) in [4.78, 5) is 172. The first-order valence-corrected chi connectivity index (χ1v) is 31.7. The molecule has 3 rings (SSSR count). The number of thiol groups is 1. The molecule has 1 heterocycles. The third kappa shape index (κ3) is 28.4. The number of carboxylic acid groups (broad SMARTS) is 1. The zero-order valence-electron chi connectivity index (χ0n) is 52.6. The molecule has 38 heteroatoms. The predicted molar refractivity (Wildman–Crippen MR) is 342 cm³/mol. The Morgan fingerprint density at radius 3 is 1.81 bits per heavy atom. The van der Waals surface area contributed by atoms with E-state index < -0.39 is 207 Å². The standard InChI is InChI=1S/C58H86N14O22S2/c1-27(2)19-35(65-43(79)22-63-56(93)39(77)26-95)52(89)66-33(5-4-17-62-58(60)61)50(87)67-34(14-15-41(59)78)51(88)68-36(20-30-8-12-32(76)13-9-30)53(90)72-54(91)37(21-44(80)81)69-55(92)38(23-73)64-28(3)48(85)70-42(25-75)71-49(86)31-10-6-29(7-11-31)16-18-96-57-47(84)46(83)45(82)40(24-74)94-57/h6-13,25,27-28,33-40,42,45-47,57,64,73-74,76-77,82-84,95H,4-5,14-24,26H2,1-3H3,(H2,59,78)(H,63,93)(H,65,79)(H,66,89)(H,67,87)(H,68,88)(H,69,92)(H,70,85)(H,71,86)(H,80,81)(H4,60,61,62)(H,72,90,91)/t28?,33?,34?,35?,36?,37?,38?,39?,40-,42?,45+,46+,47-,57+/m1/s1. The van der Waals surface area contributed by atoms with E-state index in [1.165, 1.54) is 43.3 Å². The number of nitrogens with two attached hydrogens (primary N) is 2. The maximum atomic E-state index is 14.3. The van der Waals surface area contributed by atoms with Crippen molar-refractivity contribution in [2.75, 3.05) is 37.8 Å². The van der Waals surface area contributed by atoms with E-state index in [1.54, 1.807) is 26.0 Å². The maximum absolute atomic E-state index is 14.3. The predicted octanol–water partition coefficient (Wildman–Crippen LogP) is -8.06. The van der Waals surface area contributed by atoms with Crippen molar-refractivity contribution in [3.63, 3.8) is 0 Å². The molecule has 24 N–H and O–H groups in total. The Balaban J connectivity index is 1.78. The molecule has 0 spiro atoms. The lowest BCUT2D eigenvalue weighted by molar-refractivity contribution is -0.205. The molecular formula is C58H86N14O22S2. The Hall–Kier alpha value is -8.60. The zero-order valence-corrected chi connectivity index (χ0v) is 54.3. The minimum absolute atomic E-state index is 0.00511. The van der Waals surface area contributed by atoms with Crippen LogP contribution >= 0.6 is 24.4 Å². The molecule has 0 saturated carbocycles. The van der Waals surface area contributed by atoms with Gasteiger partial charge in [-0.3, -0.25) is 78.4 Å². The summed E-state index contributed by atoms with van der Waals surface area (Å²) >= 11 is 4.95. The number of phenols is 1. The molecule has 9 unspecified atom stereocenters. The van der Waals surface area contributed by atoms with Crippen LogP contribution in [0.5, 0.6) is 5.75 Å². The first kappa shape index (κ1) is 81.6. The number of aliphatic carboxylic acids is 1. The van der Waals surface area contributed by atoms with Gasteiger partial charge in [0.15, 0.2) is 18.4 Å². The van der Waals surface area contributed by atoms with Crippen molar-refractivity contribution in [2.45, 2.75) is 157 Å². The van der Waals surface area contributed by atoms with Gasteiger partial charge in [-0.15, -0.1) is 11.8 Å². The molecule has 0 radical (unpaired) electrons. The number of ether oxygens (including phenoxy) is 1. The average molecular weight is 1400 g/mol. The number of benzene rings is 2. The quantitative estimate of drug-likeness (QED) is 0.00734. The van der Waals surface area contributed by atoms with Crippen molar-refractivity contribution < 1.29 is 108 Å². The summed E-state index contributed by atoms with van der Waals surface area (Å²) in [5.74, 6) is -14.4. The van der Waals surface area contributed by atoms with Gasteiger partial charge in [0, 0.05) is 30.7 Å². The summed E-state index contributed by atoms with van der Waals surface area (Å²) < 4.78 is 5.49. The lowest BCUT2D eigenvalue weighted by atomic mass is 10.0. The molecule has 96 heavy (non-hydrogen) atoms. The van der Waals surface area contributed by atoms with Gasteiger partial charge in [0.05, 0.1) is 32.2 Å². The monoisotopic (exact) mass is 1390 g/mol. The number of phenolic OH excluding ortho intramolecular Hbond substituents is 1.